The molecule has 0 spiro atoms. The van der Waals surface area contributed by atoms with Crippen LogP contribution in [0.3, 0.4) is 0 Å². The van der Waals surface area contributed by atoms with Crippen LogP contribution in [-0.4, -0.2) is 63.7 Å². The average molecular weight is 356 g/mol. The zero-order chi connectivity index (χ0) is 18.2. The standard InChI is InChI=1S/C15H20N2O6S/c1-3-7-16-24(21,22)13-6-4-5-12(10-13)15(20)17(8-9-23-2)11-14(18)19/h3-6,10,16H,1,7-9,11H2,2H3,(H,18,19). The molecular weight excluding hydrogens is 336 g/mol. The Morgan fingerprint density at radius 1 is 1.42 bits per heavy atom. The van der Waals surface area contributed by atoms with Crippen LogP contribution in [0, 0.1) is 0 Å². The first-order chi connectivity index (χ1) is 11.3. The molecule has 1 aromatic rings. The van der Waals surface area contributed by atoms with Gasteiger partial charge < -0.3 is 14.7 Å². The predicted octanol–water partition coefficient (Wildman–Crippen LogP) is 0.324. The highest BCUT2D eigenvalue weighted by Crippen LogP contribution is 2.13. The fourth-order valence-electron chi connectivity index (χ4n) is 1.85. The maximum atomic E-state index is 12.5. The molecule has 2 N–H and O–H groups in total. The summed E-state index contributed by atoms with van der Waals surface area (Å²) in [6.45, 7) is 3.22. The molecule has 0 aliphatic carbocycles. The summed E-state index contributed by atoms with van der Waals surface area (Å²) in [6.07, 6.45) is 1.39. The van der Waals surface area contributed by atoms with Gasteiger partial charge >= 0.3 is 5.97 Å². The topological polar surface area (TPSA) is 113 Å². The second-order valence-electron chi connectivity index (χ2n) is 4.78. The van der Waals surface area contributed by atoms with Gasteiger partial charge in [-0.25, -0.2) is 13.1 Å². The van der Waals surface area contributed by atoms with Crippen LogP contribution >= 0.6 is 0 Å². The maximum absolute atomic E-state index is 12.5. The molecule has 1 rings (SSSR count). The number of rotatable bonds is 10. The lowest BCUT2D eigenvalue weighted by molar-refractivity contribution is -0.137. The molecule has 0 aliphatic rings. The predicted molar refractivity (Wildman–Crippen MR) is 87.2 cm³/mol. The fourth-order valence-corrected chi connectivity index (χ4v) is 2.89. The van der Waals surface area contributed by atoms with Crippen LogP contribution in [0.5, 0.6) is 0 Å². The van der Waals surface area contributed by atoms with Crippen molar-refractivity contribution in [1.82, 2.24) is 9.62 Å². The Hall–Kier alpha value is -2.23. The monoisotopic (exact) mass is 356 g/mol. The summed E-state index contributed by atoms with van der Waals surface area (Å²) >= 11 is 0. The highest BCUT2D eigenvalue weighted by atomic mass is 32.2. The van der Waals surface area contributed by atoms with E-state index in [1.54, 1.807) is 0 Å². The highest BCUT2D eigenvalue weighted by Gasteiger charge is 2.21. The van der Waals surface area contributed by atoms with Crippen molar-refractivity contribution in [2.75, 3.05) is 33.4 Å². The summed E-state index contributed by atoms with van der Waals surface area (Å²) in [7, 11) is -2.34. The van der Waals surface area contributed by atoms with E-state index < -0.39 is 28.4 Å². The number of aliphatic carboxylic acids is 1. The highest BCUT2D eigenvalue weighted by molar-refractivity contribution is 7.89. The minimum absolute atomic E-state index is 0.0550. The van der Waals surface area contributed by atoms with Gasteiger partial charge in [-0.1, -0.05) is 12.1 Å². The molecule has 0 atom stereocenters. The molecule has 0 aromatic heterocycles. The molecule has 0 aliphatic heterocycles. The number of hydrogen-bond donors (Lipinski definition) is 2. The molecule has 8 nitrogen and oxygen atoms in total. The van der Waals surface area contributed by atoms with Crippen LogP contribution in [-0.2, 0) is 19.6 Å². The molecule has 9 heteroatoms. The number of nitrogens with one attached hydrogen (secondary N) is 1. The number of ether oxygens (including phenoxy) is 1. The Labute approximate surface area is 140 Å². The summed E-state index contributed by atoms with van der Waals surface area (Å²) in [5.74, 6) is -1.76. The second-order valence-corrected chi connectivity index (χ2v) is 6.55. The van der Waals surface area contributed by atoms with E-state index in [1.807, 2.05) is 0 Å². The van der Waals surface area contributed by atoms with Gasteiger partial charge in [0.2, 0.25) is 10.0 Å². The number of carboxylic acids is 1. The third kappa shape index (κ3) is 5.76. The number of carbonyl (C=O) groups excluding carboxylic acids is 1. The molecular formula is C15H20N2O6S. The Morgan fingerprint density at radius 3 is 2.71 bits per heavy atom. The van der Waals surface area contributed by atoms with E-state index in [0.29, 0.717) is 0 Å². The van der Waals surface area contributed by atoms with Crippen molar-refractivity contribution < 1.29 is 27.9 Å². The third-order valence-electron chi connectivity index (χ3n) is 2.99. The molecule has 1 aromatic carbocycles. The van der Waals surface area contributed by atoms with Crippen LogP contribution in [0.2, 0.25) is 0 Å². The van der Waals surface area contributed by atoms with Gasteiger partial charge in [0.25, 0.3) is 5.91 Å². The van der Waals surface area contributed by atoms with Crippen LogP contribution in [0.4, 0.5) is 0 Å². The van der Waals surface area contributed by atoms with E-state index in [9.17, 15) is 18.0 Å². The third-order valence-corrected chi connectivity index (χ3v) is 4.41. The Balaban J connectivity index is 3.07. The molecule has 0 saturated carbocycles. The van der Waals surface area contributed by atoms with Crippen LogP contribution in [0.15, 0.2) is 41.8 Å². The first-order valence-electron chi connectivity index (χ1n) is 7.02. The number of amides is 1. The zero-order valence-electron chi connectivity index (χ0n) is 13.3. The first-order valence-corrected chi connectivity index (χ1v) is 8.50. The zero-order valence-corrected chi connectivity index (χ0v) is 14.1. The number of sulfonamides is 1. The lowest BCUT2D eigenvalue weighted by atomic mass is 10.2. The minimum Gasteiger partial charge on any atom is -0.480 e. The number of carboxylic acid groups (broad SMARTS) is 1. The molecule has 0 unspecified atom stereocenters. The van der Waals surface area contributed by atoms with E-state index in [-0.39, 0.29) is 30.2 Å². The second kappa shape index (κ2) is 9.16. The van der Waals surface area contributed by atoms with Crippen molar-refractivity contribution >= 4 is 21.9 Å². The Kier molecular flexibility index (Phi) is 7.56. The molecule has 0 saturated heterocycles. The molecule has 0 radical (unpaired) electrons. The molecule has 1 amide bonds. The summed E-state index contributed by atoms with van der Waals surface area (Å²) in [5.41, 5.74) is 0.0776. The van der Waals surface area contributed by atoms with Crippen molar-refractivity contribution in [2.24, 2.45) is 0 Å². The number of hydrogen-bond acceptors (Lipinski definition) is 5. The number of nitrogens with zero attached hydrogens (tertiary/aromatic N) is 1. The lowest BCUT2D eigenvalue weighted by Crippen LogP contribution is -2.38. The van der Waals surface area contributed by atoms with Gasteiger partial charge in [-0.05, 0) is 18.2 Å². The normalized spacial score (nSPS) is 11.0. The SMILES string of the molecule is C=CCNS(=O)(=O)c1cccc(C(=O)N(CCOC)CC(=O)O)c1. The number of carbonyl (C=O) groups is 2. The van der Waals surface area contributed by atoms with Gasteiger partial charge in [0.05, 0.1) is 11.5 Å². The molecule has 24 heavy (non-hydrogen) atoms. The number of benzene rings is 1. The van der Waals surface area contributed by atoms with E-state index in [1.165, 1.54) is 37.5 Å². The van der Waals surface area contributed by atoms with Crippen LogP contribution in [0.1, 0.15) is 10.4 Å². The van der Waals surface area contributed by atoms with Gasteiger partial charge in [-0.3, -0.25) is 9.59 Å². The number of methoxy groups -OCH3 is 1. The minimum atomic E-state index is -3.78. The summed E-state index contributed by atoms with van der Waals surface area (Å²) in [5, 5.41) is 8.91. The molecule has 0 heterocycles. The van der Waals surface area contributed by atoms with Gasteiger partial charge in [0, 0.05) is 25.8 Å². The van der Waals surface area contributed by atoms with Gasteiger partial charge in [0.1, 0.15) is 6.54 Å². The van der Waals surface area contributed by atoms with Crippen molar-refractivity contribution in [2.45, 2.75) is 4.90 Å². The van der Waals surface area contributed by atoms with Crippen molar-refractivity contribution in [3.63, 3.8) is 0 Å². The van der Waals surface area contributed by atoms with Crippen molar-refractivity contribution in [1.29, 1.82) is 0 Å². The Morgan fingerprint density at radius 2 is 2.12 bits per heavy atom. The van der Waals surface area contributed by atoms with E-state index >= 15 is 0 Å². The smallest absolute Gasteiger partial charge is 0.323 e. The quantitative estimate of drug-likeness (QED) is 0.584. The van der Waals surface area contributed by atoms with Crippen molar-refractivity contribution in [3.05, 3.63) is 42.5 Å². The maximum Gasteiger partial charge on any atom is 0.323 e. The molecule has 0 bridgehead atoms. The average Bonchev–Trinajstić information content (AvgIpc) is 2.56. The van der Waals surface area contributed by atoms with E-state index in [0.717, 1.165) is 4.90 Å². The summed E-state index contributed by atoms with van der Waals surface area (Å²) < 4.78 is 31.3. The van der Waals surface area contributed by atoms with E-state index in [4.69, 9.17) is 9.84 Å². The molecule has 0 fully saturated rings. The molecule has 132 valence electrons. The Bertz CT molecular complexity index is 702. The first kappa shape index (κ1) is 19.8. The van der Waals surface area contributed by atoms with Gasteiger partial charge in [-0.15, -0.1) is 6.58 Å². The van der Waals surface area contributed by atoms with Crippen LogP contribution in [0.25, 0.3) is 0 Å². The fraction of sp³-hybridized carbons (Fsp3) is 0.333. The largest absolute Gasteiger partial charge is 0.480 e. The van der Waals surface area contributed by atoms with E-state index in [2.05, 4.69) is 11.3 Å². The lowest BCUT2D eigenvalue weighted by Gasteiger charge is -2.20. The van der Waals surface area contributed by atoms with Crippen LogP contribution < -0.4 is 4.72 Å². The summed E-state index contributed by atoms with van der Waals surface area (Å²) in [4.78, 5) is 24.4. The summed E-state index contributed by atoms with van der Waals surface area (Å²) in [6, 6.07) is 5.40. The van der Waals surface area contributed by atoms with Gasteiger partial charge in [-0.2, -0.15) is 0 Å². The van der Waals surface area contributed by atoms with Gasteiger partial charge in [0.15, 0.2) is 0 Å². The van der Waals surface area contributed by atoms with Crippen molar-refractivity contribution in [3.8, 4) is 0 Å².